The molecule has 0 fully saturated rings. The lowest BCUT2D eigenvalue weighted by Gasteiger charge is -2.09. The van der Waals surface area contributed by atoms with Crippen LogP contribution < -0.4 is 5.32 Å². The Morgan fingerprint density at radius 1 is 0.955 bits per heavy atom. The van der Waals surface area contributed by atoms with Crippen LogP contribution >= 0.6 is 0 Å². The minimum absolute atomic E-state index is 0.140. The summed E-state index contributed by atoms with van der Waals surface area (Å²) in [6, 6.07) is 18.9. The van der Waals surface area contributed by atoms with Crippen LogP contribution in [0.2, 0.25) is 0 Å². The molecule has 0 saturated heterocycles. The molecule has 2 aromatic carbocycles. The van der Waals surface area contributed by atoms with Crippen molar-refractivity contribution < 1.29 is 4.39 Å². The SMILES string of the molecule is Fc1ccccc1CCNCc1ccnn1-c1ccccc1. The molecule has 0 radical (unpaired) electrons. The number of hydrogen-bond acceptors (Lipinski definition) is 2. The smallest absolute Gasteiger partial charge is 0.126 e. The summed E-state index contributed by atoms with van der Waals surface area (Å²) in [5.74, 6) is -0.140. The predicted octanol–water partition coefficient (Wildman–Crippen LogP) is 3.34. The van der Waals surface area contributed by atoms with Crippen molar-refractivity contribution in [3.8, 4) is 5.69 Å². The van der Waals surface area contributed by atoms with Crippen LogP contribution in [0.3, 0.4) is 0 Å². The summed E-state index contributed by atoms with van der Waals surface area (Å²) in [6.45, 7) is 1.42. The van der Waals surface area contributed by atoms with Gasteiger partial charge in [0.25, 0.3) is 0 Å². The van der Waals surface area contributed by atoms with E-state index in [0.29, 0.717) is 13.0 Å². The number of rotatable bonds is 6. The summed E-state index contributed by atoms with van der Waals surface area (Å²) in [4.78, 5) is 0. The molecule has 4 heteroatoms. The molecule has 0 amide bonds. The molecule has 112 valence electrons. The Bertz CT molecular complexity index is 722. The molecule has 3 rings (SSSR count). The Morgan fingerprint density at radius 3 is 2.55 bits per heavy atom. The first kappa shape index (κ1) is 14.5. The number of para-hydroxylation sites is 1. The number of nitrogens with one attached hydrogen (secondary N) is 1. The van der Waals surface area contributed by atoms with Crippen molar-refractivity contribution >= 4 is 0 Å². The highest BCUT2D eigenvalue weighted by Gasteiger charge is 2.04. The van der Waals surface area contributed by atoms with E-state index in [1.54, 1.807) is 12.3 Å². The van der Waals surface area contributed by atoms with Gasteiger partial charge in [-0.25, -0.2) is 9.07 Å². The van der Waals surface area contributed by atoms with Crippen LogP contribution in [-0.4, -0.2) is 16.3 Å². The maximum atomic E-state index is 13.5. The minimum Gasteiger partial charge on any atom is -0.311 e. The molecule has 3 nitrogen and oxygen atoms in total. The largest absolute Gasteiger partial charge is 0.311 e. The predicted molar refractivity (Wildman–Crippen MR) is 85.4 cm³/mol. The number of hydrogen-bond donors (Lipinski definition) is 1. The molecule has 1 heterocycles. The van der Waals surface area contributed by atoms with Crippen LogP contribution in [0.15, 0.2) is 66.9 Å². The average Bonchev–Trinajstić information content (AvgIpc) is 3.02. The number of aromatic nitrogens is 2. The Morgan fingerprint density at radius 2 is 1.73 bits per heavy atom. The van der Waals surface area contributed by atoms with E-state index in [2.05, 4.69) is 10.4 Å². The van der Waals surface area contributed by atoms with Gasteiger partial charge in [0.1, 0.15) is 5.82 Å². The van der Waals surface area contributed by atoms with Crippen LogP contribution in [0, 0.1) is 5.82 Å². The van der Waals surface area contributed by atoms with E-state index in [1.807, 2.05) is 53.2 Å². The van der Waals surface area contributed by atoms with Gasteiger partial charge in [-0.2, -0.15) is 5.10 Å². The van der Waals surface area contributed by atoms with Crippen LogP contribution in [-0.2, 0) is 13.0 Å². The first-order chi connectivity index (χ1) is 10.8. The van der Waals surface area contributed by atoms with E-state index in [4.69, 9.17) is 0 Å². The van der Waals surface area contributed by atoms with Gasteiger partial charge in [0, 0.05) is 12.7 Å². The van der Waals surface area contributed by atoms with E-state index in [0.717, 1.165) is 23.5 Å². The molecule has 0 unspecified atom stereocenters. The minimum atomic E-state index is -0.140. The van der Waals surface area contributed by atoms with Gasteiger partial charge in [-0.1, -0.05) is 36.4 Å². The van der Waals surface area contributed by atoms with Crippen molar-refractivity contribution in [2.24, 2.45) is 0 Å². The lowest BCUT2D eigenvalue weighted by atomic mass is 10.1. The molecule has 0 aliphatic carbocycles. The zero-order chi connectivity index (χ0) is 15.2. The average molecular weight is 295 g/mol. The van der Waals surface area contributed by atoms with Crippen LogP contribution in [0.5, 0.6) is 0 Å². The highest BCUT2D eigenvalue weighted by molar-refractivity contribution is 5.32. The second-order valence-corrected chi connectivity index (χ2v) is 5.09. The second-order valence-electron chi connectivity index (χ2n) is 5.09. The van der Waals surface area contributed by atoms with E-state index < -0.39 is 0 Å². The quantitative estimate of drug-likeness (QED) is 0.707. The third-order valence-electron chi connectivity index (χ3n) is 3.56. The highest BCUT2D eigenvalue weighted by Crippen LogP contribution is 2.10. The van der Waals surface area contributed by atoms with E-state index >= 15 is 0 Å². The van der Waals surface area contributed by atoms with Gasteiger partial charge in [0.05, 0.1) is 11.4 Å². The summed E-state index contributed by atoms with van der Waals surface area (Å²) in [7, 11) is 0. The monoisotopic (exact) mass is 295 g/mol. The lowest BCUT2D eigenvalue weighted by Crippen LogP contribution is -2.19. The van der Waals surface area contributed by atoms with Gasteiger partial charge in [0.15, 0.2) is 0 Å². The molecule has 0 aliphatic heterocycles. The fraction of sp³-hybridized carbons (Fsp3) is 0.167. The van der Waals surface area contributed by atoms with Crippen molar-refractivity contribution in [1.29, 1.82) is 0 Å². The Kier molecular flexibility index (Phi) is 4.61. The molecule has 0 saturated carbocycles. The van der Waals surface area contributed by atoms with Gasteiger partial charge in [-0.15, -0.1) is 0 Å². The molecule has 22 heavy (non-hydrogen) atoms. The first-order valence-corrected chi connectivity index (χ1v) is 7.37. The van der Waals surface area contributed by atoms with Gasteiger partial charge in [0.2, 0.25) is 0 Å². The highest BCUT2D eigenvalue weighted by atomic mass is 19.1. The zero-order valence-corrected chi connectivity index (χ0v) is 12.2. The molecule has 0 atom stereocenters. The summed E-state index contributed by atoms with van der Waals surface area (Å²) in [5, 5.41) is 7.70. The second kappa shape index (κ2) is 7.00. The maximum Gasteiger partial charge on any atom is 0.126 e. The Balaban J connectivity index is 1.57. The first-order valence-electron chi connectivity index (χ1n) is 7.37. The van der Waals surface area contributed by atoms with Gasteiger partial charge < -0.3 is 5.32 Å². The maximum absolute atomic E-state index is 13.5. The van der Waals surface area contributed by atoms with Gasteiger partial charge in [-0.05, 0) is 42.8 Å². The zero-order valence-electron chi connectivity index (χ0n) is 12.2. The number of halogens is 1. The van der Waals surface area contributed by atoms with E-state index in [9.17, 15) is 4.39 Å². The van der Waals surface area contributed by atoms with Crippen molar-refractivity contribution in [2.75, 3.05) is 6.54 Å². The molecular formula is C18H18FN3. The van der Waals surface area contributed by atoms with E-state index in [-0.39, 0.29) is 5.82 Å². The molecule has 1 N–H and O–H groups in total. The molecule has 1 aromatic heterocycles. The number of nitrogens with zero attached hydrogens (tertiary/aromatic N) is 2. The standard InChI is InChI=1S/C18H18FN3/c19-18-9-5-4-6-15(18)10-12-20-14-17-11-13-21-22(17)16-7-2-1-3-8-16/h1-9,11,13,20H,10,12,14H2. The topological polar surface area (TPSA) is 29.9 Å². The molecule has 0 bridgehead atoms. The fourth-order valence-electron chi connectivity index (χ4n) is 2.41. The summed E-state index contributed by atoms with van der Waals surface area (Å²) in [5.41, 5.74) is 2.87. The van der Waals surface area contributed by atoms with Crippen LogP contribution in [0.4, 0.5) is 4.39 Å². The summed E-state index contributed by atoms with van der Waals surface area (Å²) < 4.78 is 15.4. The third-order valence-corrected chi connectivity index (χ3v) is 3.56. The summed E-state index contributed by atoms with van der Waals surface area (Å²) >= 11 is 0. The normalized spacial score (nSPS) is 10.8. The molecule has 3 aromatic rings. The van der Waals surface area contributed by atoms with Gasteiger partial charge in [-0.3, -0.25) is 0 Å². The Hall–Kier alpha value is -2.46. The van der Waals surface area contributed by atoms with Crippen molar-refractivity contribution in [2.45, 2.75) is 13.0 Å². The third kappa shape index (κ3) is 3.40. The molecule has 0 spiro atoms. The van der Waals surface area contributed by atoms with Crippen LogP contribution in [0.25, 0.3) is 5.69 Å². The van der Waals surface area contributed by atoms with Crippen LogP contribution in [0.1, 0.15) is 11.3 Å². The Labute approximate surface area is 129 Å². The molecular weight excluding hydrogens is 277 g/mol. The van der Waals surface area contributed by atoms with Crippen molar-refractivity contribution in [1.82, 2.24) is 15.1 Å². The fourth-order valence-corrected chi connectivity index (χ4v) is 2.41. The molecule has 0 aliphatic rings. The van der Waals surface area contributed by atoms with E-state index in [1.165, 1.54) is 6.07 Å². The van der Waals surface area contributed by atoms with Gasteiger partial charge >= 0.3 is 0 Å². The number of benzene rings is 2. The summed E-state index contributed by atoms with van der Waals surface area (Å²) in [6.07, 6.45) is 2.47. The van der Waals surface area contributed by atoms with Crippen molar-refractivity contribution in [3.05, 3.63) is 83.9 Å². The lowest BCUT2D eigenvalue weighted by molar-refractivity contribution is 0.594. The van der Waals surface area contributed by atoms with Crippen molar-refractivity contribution in [3.63, 3.8) is 0 Å².